The first-order valence-electron chi connectivity index (χ1n) is 8.17. The number of amides is 2. The lowest BCUT2D eigenvalue weighted by Crippen LogP contribution is -2.45. The molecule has 1 fully saturated rings. The number of hydrogen-bond acceptors (Lipinski definition) is 4. The van der Waals surface area contributed by atoms with Crippen molar-refractivity contribution in [1.82, 2.24) is 5.32 Å². The minimum atomic E-state index is -2.86. The van der Waals surface area contributed by atoms with E-state index in [0.29, 0.717) is 18.0 Å². The van der Waals surface area contributed by atoms with E-state index < -0.39 is 36.7 Å². The van der Waals surface area contributed by atoms with Crippen molar-refractivity contribution in [3.8, 4) is 5.75 Å². The lowest BCUT2D eigenvalue weighted by molar-refractivity contribution is -0.143. The molecule has 1 saturated heterocycles. The van der Waals surface area contributed by atoms with Gasteiger partial charge < -0.3 is 20.1 Å². The maximum absolute atomic E-state index is 12.4. The second-order valence-corrected chi connectivity index (χ2v) is 5.83. The first kappa shape index (κ1) is 19.6. The Morgan fingerprint density at radius 3 is 2.69 bits per heavy atom. The van der Waals surface area contributed by atoms with Gasteiger partial charge in [0.1, 0.15) is 11.8 Å². The molecule has 0 aromatic heterocycles. The molecule has 0 radical (unpaired) electrons. The summed E-state index contributed by atoms with van der Waals surface area (Å²) in [5.74, 6) is -2.93. The molecule has 2 amide bonds. The predicted molar refractivity (Wildman–Crippen MR) is 88.3 cm³/mol. The average Bonchev–Trinajstić information content (AvgIpc) is 2.96. The van der Waals surface area contributed by atoms with E-state index in [2.05, 4.69) is 5.32 Å². The van der Waals surface area contributed by atoms with Crippen LogP contribution in [0.25, 0.3) is 0 Å². The number of nitrogens with one attached hydrogen (secondary N) is 1. The van der Waals surface area contributed by atoms with Crippen LogP contribution in [0.1, 0.15) is 19.8 Å². The maximum Gasteiger partial charge on any atom is 0.326 e. The number of rotatable bonds is 8. The lowest BCUT2D eigenvalue weighted by Gasteiger charge is -2.20. The summed E-state index contributed by atoms with van der Waals surface area (Å²) < 4.78 is 30.4. The van der Waals surface area contributed by atoms with Gasteiger partial charge in [0, 0.05) is 19.4 Å². The molecule has 1 aromatic carbocycles. The number of halogens is 2. The number of hydrogen-bond donors (Lipinski definition) is 2. The number of ether oxygens (including phenoxy) is 1. The summed E-state index contributed by atoms with van der Waals surface area (Å²) >= 11 is 0. The fourth-order valence-corrected chi connectivity index (χ4v) is 2.76. The zero-order valence-corrected chi connectivity index (χ0v) is 14.2. The highest BCUT2D eigenvalue weighted by Gasteiger charge is 2.37. The molecule has 7 nitrogen and oxygen atoms in total. The number of benzene rings is 1. The van der Waals surface area contributed by atoms with Gasteiger partial charge in [-0.3, -0.25) is 9.59 Å². The molecule has 0 aliphatic carbocycles. The zero-order chi connectivity index (χ0) is 19.3. The number of para-hydroxylation sites is 2. The van der Waals surface area contributed by atoms with Gasteiger partial charge in [-0.05, 0) is 19.1 Å². The third kappa shape index (κ3) is 4.68. The number of carbonyl (C=O) groups excluding carboxylic acids is 2. The van der Waals surface area contributed by atoms with Crippen LogP contribution in [-0.2, 0) is 14.4 Å². The number of carboxylic acid groups (broad SMARTS) is 1. The molecule has 1 aliphatic heterocycles. The largest absolute Gasteiger partial charge is 0.492 e. The van der Waals surface area contributed by atoms with Gasteiger partial charge >= 0.3 is 5.97 Å². The summed E-state index contributed by atoms with van der Waals surface area (Å²) in [5.41, 5.74) is 0.511. The Kier molecular flexibility index (Phi) is 6.48. The summed E-state index contributed by atoms with van der Waals surface area (Å²) in [4.78, 5) is 36.9. The molecule has 1 heterocycles. The third-order valence-electron chi connectivity index (χ3n) is 3.98. The summed E-state index contributed by atoms with van der Waals surface area (Å²) in [7, 11) is 0. The minimum absolute atomic E-state index is 0.0236. The molecule has 1 aliphatic rings. The number of alkyl halides is 2. The number of carbonyl (C=O) groups is 3. The molecular weight excluding hydrogens is 350 g/mol. The molecule has 2 rings (SSSR count). The number of aliphatic carboxylic acids is 1. The van der Waals surface area contributed by atoms with E-state index in [1.807, 2.05) is 0 Å². The van der Waals surface area contributed by atoms with Gasteiger partial charge in [0.2, 0.25) is 18.2 Å². The fraction of sp³-hybridized carbons (Fsp3) is 0.471. The van der Waals surface area contributed by atoms with Gasteiger partial charge in [-0.15, -0.1) is 0 Å². The molecule has 0 saturated carbocycles. The van der Waals surface area contributed by atoms with E-state index in [1.54, 1.807) is 31.2 Å². The topological polar surface area (TPSA) is 95.9 Å². The molecule has 1 aromatic rings. The van der Waals surface area contributed by atoms with Crippen LogP contribution in [0.4, 0.5) is 14.5 Å². The highest BCUT2D eigenvalue weighted by Crippen LogP contribution is 2.33. The van der Waals surface area contributed by atoms with Gasteiger partial charge in [0.05, 0.1) is 18.2 Å². The number of carboxylic acids is 1. The molecule has 2 atom stereocenters. The van der Waals surface area contributed by atoms with Crippen LogP contribution in [0.3, 0.4) is 0 Å². The van der Waals surface area contributed by atoms with E-state index >= 15 is 0 Å². The number of anilines is 1. The summed E-state index contributed by atoms with van der Waals surface area (Å²) in [6.45, 7) is 2.22. The molecule has 142 valence electrons. The Morgan fingerprint density at radius 2 is 2.08 bits per heavy atom. The van der Waals surface area contributed by atoms with E-state index in [0.717, 1.165) is 0 Å². The van der Waals surface area contributed by atoms with Crippen LogP contribution in [0.5, 0.6) is 5.75 Å². The monoisotopic (exact) mass is 370 g/mol. The van der Waals surface area contributed by atoms with Gasteiger partial charge in [0.25, 0.3) is 0 Å². The summed E-state index contributed by atoms with van der Waals surface area (Å²) in [6, 6.07) is 5.16. The molecule has 2 N–H and O–H groups in total. The van der Waals surface area contributed by atoms with Crippen LogP contribution in [0.15, 0.2) is 24.3 Å². The first-order valence-corrected chi connectivity index (χ1v) is 8.17. The van der Waals surface area contributed by atoms with Gasteiger partial charge in [-0.2, -0.15) is 0 Å². The average molecular weight is 370 g/mol. The highest BCUT2D eigenvalue weighted by atomic mass is 19.3. The van der Waals surface area contributed by atoms with Crippen LogP contribution in [-0.4, -0.2) is 48.5 Å². The van der Waals surface area contributed by atoms with Crippen molar-refractivity contribution in [2.75, 3.05) is 18.1 Å². The normalized spacial score (nSPS) is 18.1. The van der Waals surface area contributed by atoms with Crippen molar-refractivity contribution in [1.29, 1.82) is 0 Å². The Balaban J connectivity index is 2.09. The van der Waals surface area contributed by atoms with Crippen molar-refractivity contribution < 1.29 is 33.0 Å². The van der Waals surface area contributed by atoms with Crippen molar-refractivity contribution in [2.45, 2.75) is 32.2 Å². The maximum atomic E-state index is 12.4. The van der Waals surface area contributed by atoms with Crippen LogP contribution < -0.4 is 15.0 Å². The van der Waals surface area contributed by atoms with E-state index in [1.165, 1.54) is 4.90 Å². The van der Waals surface area contributed by atoms with Crippen molar-refractivity contribution in [2.24, 2.45) is 5.92 Å². The van der Waals surface area contributed by atoms with Crippen LogP contribution in [0, 0.1) is 5.92 Å². The Bertz CT molecular complexity index is 683. The molecule has 26 heavy (non-hydrogen) atoms. The van der Waals surface area contributed by atoms with Gasteiger partial charge in [-0.25, -0.2) is 13.6 Å². The zero-order valence-electron chi connectivity index (χ0n) is 14.2. The predicted octanol–water partition coefficient (Wildman–Crippen LogP) is 1.66. The molecular formula is C17H20F2N2O5. The summed E-state index contributed by atoms with van der Waals surface area (Å²) in [6.07, 6.45) is -3.98. The summed E-state index contributed by atoms with van der Waals surface area (Å²) in [5, 5.41) is 11.0. The molecule has 2 unspecified atom stereocenters. The van der Waals surface area contributed by atoms with Crippen molar-refractivity contribution in [3.63, 3.8) is 0 Å². The Hall–Kier alpha value is -2.71. The standard InChI is InChI=1S/C17H20F2N2O5/c1-2-26-13-6-4-3-5-12(13)21-9-10(7-15(21)22)16(23)20-11(17(24)25)8-14(18)19/h3-6,10-11,14H,2,7-9H2,1H3,(H,20,23)(H,24,25). The molecule has 0 bridgehead atoms. The van der Waals surface area contributed by atoms with E-state index in [9.17, 15) is 23.2 Å². The fourth-order valence-electron chi connectivity index (χ4n) is 2.76. The van der Waals surface area contributed by atoms with Crippen LogP contribution >= 0.6 is 0 Å². The first-order chi connectivity index (χ1) is 12.3. The molecule has 9 heteroatoms. The van der Waals surface area contributed by atoms with Gasteiger partial charge in [-0.1, -0.05) is 12.1 Å². The smallest absolute Gasteiger partial charge is 0.326 e. The molecule has 0 spiro atoms. The highest BCUT2D eigenvalue weighted by molar-refractivity contribution is 6.01. The minimum Gasteiger partial charge on any atom is -0.492 e. The van der Waals surface area contributed by atoms with Gasteiger partial charge in [0.15, 0.2) is 0 Å². The van der Waals surface area contributed by atoms with E-state index in [-0.39, 0.29) is 18.9 Å². The Morgan fingerprint density at radius 1 is 1.38 bits per heavy atom. The third-order valence-corrected chi connectivity index (χ3v) is 3.98. The van der Waals surface area contributed by atoms with Crippen molar-refractivity contribution in [3.05, 3.63) is 24.3 Å². The number of nitrogens with zero attached hydrogens (tertiary/aromatic N) is 1. The van der Waals surface area contributed by atoms with Crippen molar-refractivity contribution >= 4 is 23.5 Å². The SMILES string of the molecule is CCOc1ccccc1N1CC(C(=O)NC(CC(F)F)C(=O)O)CC1=O. The lowest BCUT2D eigenvalue weighted by atomic mass is 10.1. The van der Waals surface area contributed by atoms with E-state index in [4.69, 9.17) is 9.84 Å². The Labute approximate surface area is 148 Å². The second-order valence-electron chi connectivity index (χ2n) is 5.83. The second kappa shape index (κ2) is 8.59. The quantitative estimate of drug-likeness (QED) is 0.726. The van der Waals surface area contributed by atoms with Crippen LogP contribution in [0.2, 0.25) is 0 Å².